The summed E-state index contributed by atoms with van der Waals surface area (Å²) in [6.07, 6.45) is 1.84. The van der Waals surface area contributed by atoms with Crippen molar-refractivity contribution in [1.29, 1.82) is 10.8 Å². The molecule has 0 saturated heterocycles. The normalized spacial score (nSPS) is 10.5. The van der Waals surface area contributed by atoms with Crippen LogP contribution in [0.2, 0.25) is 0 Å². The van der Waals surface area contributed by atoms with E-state index >= 15 is 0 Å². The van der Waals surface area contributed by atoms with Crippen molar-refractivity contribution in [2.45, 2.75) is 0 Å². The molecule has 0 aliphatic carbocycles. The molecule has 4 N–H and O–H groups in total. The van der Waals surface area contributed by atoms with Gasteiger partial charge in [-0.3, -0.25) is 5.41 Å². The Morgan fingerprint density at radius 3 is 2.45 bits per heavy atom. The maximum absolute atomic E-state index is 10.7. The van der Waals surface area contributed by atoms with Crippen molar-refractivity contribution in [3.8, 4) is 0 Å². The summed E-state index contributed by atoms with van der Waals surface area (Å²) in [4.78, 5) is 10.7. The van der Waals surface area contributed by atoms with E-state index in [1.165, 1.54) is 7.11 Å². The number of nitrogens with one attached hydrogen (secondary N) is 2. The van der Waals surface area contributed by atoms with Gasteiger partial charge in [-0.25, -0.2) is 4.79 Å². The lowest BCUT2D eigenvalue weighted by Crippen LogP contribution is -2.12. The Morgan fingerprint density at radius 1 is 1.64 bits per heavy atom. The first-order chi connectivity index (χ1) is 5.11. The molecular weight excluding hydrogens is 146 g/mol. The summed E-state index contributed by atoms with van der Waals surface area (Å²) in [5.74, 6) is -0.955. The van der Waals surface area contributed by atoms with Crippen LogP contribution in [0.25, 0.3) is 0 Å². The molecule has 0 radical (unpaired) electrons. The zero-order valence-electron chi connectivity index (χ0n) is 6.05. The number of hydrogen-bond donors (Lipinski definition) is 3. The maximum Gasteiger partial charge on any atom is 0.339 e. The second-order valence-corrected chi connectivity index (χ2v) is 1.69. The van der Waals surface area contributed by atoms with E-state index in [2.05, 4.69) is 4.74 Å². The summed E-state index contributed by atoms with van der Waals surface area (Å²) in [6, 6.07) is 0. The van der Waals surface area contributed by atoms with Crippen LogP contribution in [0.3, 0.4) is 0 Å². The number of methoxy groups -OCH3 is 1. The molecule has 0 aliphatic rings. The highest BCUT2D eigenvalue weighted by Gasteiger charge is 2.05. The molecule has 5 nitrogen and oxygen atoms in total. The maximum atomic E-state index is 10.7. The van der Waals surface area contributed by atoms with E-state index in [0.717, 1.165) is 12.3 Å². The van der Waals surface area contributed by atoms with Gasteiger partial charge in [0, 0.05) is 6.21 Å². The van der Waals surface area contributed by atoms with E-state index in [1.54, 1.807) is 0 Å². The van der Waals surface area contributed by atoms with Gasteiger partial charge in [-0.1, -0.05) is 0 Å². The van der Waals surface area contributed by atoms with Crippen LogP contribution in [0, 0.1) is 10.8 Å². The lowest BCUT2D eigenvalue weighted by molar-refractivity contribution is -0.135. The molecule has 0 spiro atoms. The molecule has 0 atom stereocenters. The second-order valence-electron chi connectivity index (χ2n) is 1.69. The van der Waals surface area contributed by atoms with Crippen molar-refractivity contribution in [1.82, 2.24) is 0 Å². The average Bonchev–Trinajstić information content (AvgIpc) is 1.98. The number of amidine groups is 1. The predicted octanol–water partition coefficient (Wildman–Crippen LogP) is -0.329. The summed E-state index contributed by atoms with van der Waals surface area (Å²) in [7, 11) is 1.19. The fourth-order valence-corrected chi connectivity index (χ4v) is 0.445. The van der Waals surface area contributed by atoms with E-state index in [0.29, 0.717) is 0 Å². The van der Waals surface area contributed by atoms with Crippen LogP contribution in [0.1, 0.15) is 0 Å². The summed E-state index contributed by atoms with van der Waals surface area (Å²) < 4.78 is 4.29. The van der Waals surface area contributed by atoms with Crippen LogP contribution < -0.4 is 5.73 Å². The Kier molecular flexibility index (Phi) is 3.58. The third kappa shape index (κ3) is 3.14. The number of esters is 1. The lowest BCUT2D eigenvalue weighted by Gasteiger charge is -1.96. The molecule has 0 aromatic heterocycles. The molecule has 0 heterocycles. The first-order valence-corrected chi connectivity index (χ1v) is 2.76. The Balaban J connectivity index is 4.52. The Labute approximate surface area is 63.9 Å². The molecule has 0 amide bonds. The van der Waals surface area contributed by atoms with Crippen LogP contribution in [-0.4, -0.2) is 25.1 Å². The predicted molar refractivity (Wildman–Crippen MR) is 40.8 cm³/mol. The monoisotopic (exact) mass is 155 g/mol. The highest BCUT2D eigenvalue weighted by atomic mass is 16.5. The summed E-state index contributed by atoms with van der Waals surface area (Å²) in [6.45, 7) is 0. The minimum atomic E-state index is -0.671. The first kappa shape index (κ1) is 9.35. The van der Waals surface area contributed by atoms with Crippen molar-refractivity contribution >= 4 is 18.0 Å². The Morgan fingerprint density at radius 2 is 2.18 bits per heavy atom. The van der Waals surface area contributed by atoms with Gasteiger partial charge >= 0.3 is 5.97 Å². The topological polar surface area (TPSA) is 100 Å². The SMILES string of the molecule is COC(=O)/C(C=N)=C/C(=N)N. The van der Waals surface area contributed by atoms with E-state index in [1.807, 2.05) is 0 Å². The number of rotatable bonds is 3. The van der Waals surface area contributed by atoms with Crippen molar-refractivity contribution in [2.75, 3.05) is 7.11 Å². The molecule has 0 rings (SSSR count). The number of carbonyl (C=O) groups excluding carboxylic acids is 1. The quantitative estimate of drug-likeness (QED) is 0.225. The molecule has 0 unspecified atom stereocenters. The van der Waals surface area contributed by atoms with Gasteiger partial charge in [0.1, 0.15) is 5.84 Å². The van der Waals surface area contributed by atoms with Crippen LogP contribution in [0.5, 0.6) is 0 Å². The molecule has 60 valence electrons. The van der Waals surface area contributed by atoms with Crippen LogP contribution >= 0.6 is 0 Å². The lowest BCUT2D eigenvalue weighted by atomic mass is 10.2. The third-order valence-corrected chi connectivity index (χ3v) is 0.888. The van der Waals surface area contributed by atoms with Gasteiger partial charge in [0.05, 0.1) is 12.7 Å². The summed E-state index contributed by atoms with van der Waals surface area (Å²) in [5, 5.41) is 13.5. The van der Waals surface area contributed by atoms with Crippen LogP contribution in [-0.2, 0) is 9.53 Å². The Bertz CT molecular complexity index is 220. The minimum absolute atomic E-state index is 0.0417. The smallest absolute Gasteiger partial charge is 0.339 e. The zero-order valence-corrected chi connectivity index (χ0v) is 6.05. The number of ether oxygens (including phenoxy) is 1. The molecule has 0 aromatic rings. The molecule has 0 aromatic carbocycles. The number of hydrogen-bond acceptors (Lipinski definition) is 4. The molecule has 0 bridgehead atoms. The van der Waals surface area contributed by atoms with Gasteiger partial charge in [-0.05, 0) is 6.08 Å². The minimum Gasteiger partial charge on any atom is -0.465 e. The second kappa shape index (κ2) is 4.21. The largest absolute Gasteiger partial charge is 0.465 e. The molecule has 5 heteroatoms. The first-order valence-electron chi connectivity index (χ1n) is 2.76. The highest BCUT2D eigenvalue weighted by Crippen LogP contribution is 1.91. The van der Waals surface area contributed by atoms with Gasteiger partial charge in [-0.2, -0.15) is 0 Å². The highest BCUT2D eigenvalue weighted by molar-refractivity contribution is 6.13. The fraction of sp³-hybridized carbons (Fsp3) is 0.167. The molecular formula is C6H9N3O2. The molecule has 0 fully saturated rings. The van der Waals surface area contributed by atoms with Gasteiger partial charge in [0.15, 0.2) is 0 Å². The fourth-order valence-electron chi connectivity index (χ4n) is 0.445. The van der Waals surface area contributed by atoms with Crippen molar-refractivity contribution in [3.05, 3.63) is 11.6 Å². The number of nitrogens with two attached hydrogens (primary N) is 1. The molecule has 0 saturated carbocycles. The van der Waals surface area contributed by atoms with Crippen LogP contribution in [0.15, 0.2) is 11.6 Å². The van der Waals surface area contributed by atoms with E-state index in [-0.39, 0.29) is 11.4 Å². The average molecular weight is 155 g/mol. The standard InChI is InChI=1S/C6H9N3O2/c1-11-6(10)4(3-7)2-5(8)9/h2-3,7H,1H3,(H3,8,9)/b4-2+,7-3?. The van der Waals surface area contributed by atoms with Gasteiger partial charge in [0.25, 0.3) is 0 Å². The van der Waals surface area contributed by atoms with Crippen molar-refractivity contribution < 1.29 is 9.53 Å². The van der Waals surface area contributed by atoms with Crippen molar-refractivity contribution in [2.24, 2.45) is 5.73 Å². The van der Waals surface area contributed by atoms with Gasteiger partial charge in [-0.15, -0.1) is 0 Å². The summed E-state index contributed by atoms with van der Waals surface area (Å²) >= 11 is 0. The van der Waals surface area contributed by atoms with Crippen LogP contribution in [0.4, 0.5) is 0 Å². The Hall–Kier alpha value is -1.65. The van der Waals surface area contributed by atoms with Crippen molar-refractivity contribution in [3.63, 3.8) is 0 Å². The van der Waals surface area contributed by atoms with E-state index in [9.17, 15) is 4.79 Å². The van der Waals surface area contributed by atoms with Gasteiger partial charge < -0.3 is 15.9 Å². The molecule has 0 aliphatic heterocycles. The van der Waals surface area contributed by atoms with E-state index < -0.39 is 5.97 Å². The molecule has 11 heavy (non-hydrogen) atoms. The van der Waals surface area contributed by atoms with Gasteiger partial charge in [0.2, 0.25) is 0 Å². The zero-order chi connectivity index (χ0) is 8.85. The summed E-state index contributed by atoms with van der Waals surface area (Å²) in [5.41, 5.74) is 4.92. The number of carbonyl (C=O) groups is 1. The third-order valence-electron chi connectivity index (χ3n) is 0.888. The van der Waals surface area contributed by atoms with E-state index in [4.69, 9.17) is 16.6 Å².